The Kier molecular flexibility index (Phi) is 3.06. The van der Waals surface area contributed by atoms with E-state index in [0.717, 1.165) is 25.4 Å². The highest BCUT2D eigenvalue weighted by Gasteiger charge is 2.16. The Morgan fingerprint density at radius 2 is 2.44 bits per heavy atom. The van der Waals surface area contributed by atoms with E-state index < -0.39 is 0 Å². The fourth-order valence-corrected chi connectivity index (χ4v) is 3.38. The number of ether oxygens (including phenoxy) is 1. The number of nitrogens with one attached hydrogen (secondary N) is 1. The molecule has 2 aliphatic heterocycles. The highest BCUT2D eigenvalue weighted by atomic mass is 32.2. The molecule has 1 aromatic rings. The minimum atomic E-state index is 0.697. The highest BCUT2D eigenvalue weighted by molar-refractivity contribution is 7.99. The maximum Gasteiger partial charge on any atom is 0.119 e. The van der Waals surface area contributed by atoms with E-state index in [9.17, 15) is 0 Å². The number of thioether (sulfide) groups is 1. The summed E-state index contributed by atoms with van der Waals surface area (Å²) in [4.78, 5) is 1.44. The van der Waals surface area contributed by atoms with Crippen molar-refractivity contribution < 1.29 is 4.74 Å². The molecule has 1 saturated heterocycles. The molecular weight excluding hydrogens is 218 g/mol. The van der Waals surface area contributed by atoms with Crippen LogP contribution >= 0.6 is 11.8 Å². The Labute approximate surface area is 101 Å². The molecule has 1 aromatic carbocycles. The van der Waals surface area contributed by atoms with Gasteiger partial charge in [-0.05, 0) is 43.1 Å². The van der Waals surface area contributed by atoms with E-state index in [4.69, 9.17) is 4.74 Å². The van der Waals surface area contributed by atoms with Gasteiger partial charge in [0.15, 0.2) is 0 Å². The van der Waals surface area contributed by atoms with Crippen molar-refractivity contribution in [3.8, 4) is 5.75 Å². The first-order chi connectivity index (χ1) is 7.92. The molecule has 86 valence electrons. The van der Waals surface area contributed by atoms with Crippen LogP contribution < -0.4 is 10.1 Å². The maximum absolute atomic E-state index is 5.87. The predicted molar refractivity (Wildman–Crippen MR) is 67.3 cm³/mol. The first-order valence-electron chi connectivity index (χ1n) is 6.01. The van der Waals surface area contributed by atoms with Gasteiger partial charge in [-0.25, -0.2) is 0 Å². The van der Waals surface area contributed by atoms with Crippen LogP contribution in [0.2, 0.25) is 0 Å². The van der Waals surface area contributed by atoms with Crippen LogP contribution in [0.5, 0.6) is 5.75 Å². The van der Waals surface area contributed by atoms with E-state index in [2.05, 4.69) is 23.5 Å². The van der Waals surface area contributed by atoms with E-state index in [1.165, 1.54) is 29.1 Å². The zero-order chi connectivity index (χ0) is 10.8. The van der Waals surface area contributed by atoms with Gasteiger partial charge in [0.2, 0.25) is 0 Å². The van der Waals surface area contributed by atoms with Crippen LogP contribution in [0.4, 0.5) is 0 Å². The molecule has 0 radical (unpaired) electrons. The first kappa shape index (κ1) is 10.5. The summed E-state index contributed by atoms with van der Waals surface area (Å²) in [6.45, 7) is 3.12. The maximum atomic E-state index is 5.87. The standard InChI is InChI=1S/C13H17NOS/c1-2-13-11(4-6-16-13)7-12(1)15-9-10-3-5-14-8-10/h1-2,7,10,14H,3-6,8-9H2. The summed E-state index contributed by atoms with van der Waals surface area (Å²) in [7, 11) is 0. The summed E-state index contributed by atoms with van der Waals surface area (Å²) in [5.41, 5.74) is 1.46. The summed E-state index contributed by atoms with van der Waals surface area (Å²) < 4.78 is 5.87. The zero-order valence-electron chi connectivity index (χ0n) is 9.37. The average Bonchev–Trinajstić information content (AvgIpc) is 2.97. The summed E-state index contributed by atoms with van der Waals surface area (Å²) in [5.74, 6) is 2.97. The molecule has 0 aliphatic carbocycles. The van der Waals surface area contributed by atoms with Crippen LogP contribution in [0.1, 0.15) is 12.0 Å². The van der Waals surface area contributed by atoms with Crippen molar-refractivity contribution in [3.05, 3.63) is 23.8 Å². The lowest BCUT2D eigenvalue weighted by Crippen LogP contribution is -2.15. The SMILES string of the molecule is c1cc2c(cc1OCC1CCNC1)CCS2. The van der Waals surface area contributed by atoms with Crippen molar-refractivity contribution in [2.24, 2.45) is 5.92 Å². The molecule has 0 aromatic heterocycles. The van der Waals surface area contributed by atoms with Crippen LogP contribution in [-0.4, -0.2) is 25.4 Å². The number of benzene rings is 1. The van der Waals surface area contributed by atoms with Gasteiger partial charge in [0.25, 0.3) is 0 Å². The number of hydrogen-bond acceptors (Lipinski definition) is 3. The van der Waals surface area contributed by atoms with Gasteiger partial charge in [-0.15, -0.1) is 11.8 Å². The smallest absolute Gasteiger partial charge is 0.119 e. The first-order valence-corrected chi connectivity index (χ1v) is 6.99. The molecule has 3 heteroatoms. The Bertz CT molecular complexity index is 374. The molecule has 1 unspecified atom stereocenters. The lowest BCUT2D eigenvalue weighted by molar-refractivity contribution is 0.260. The average molecular weight is 235 g/mol. The van der Waals surface area contributed by atoms with Gasteiger partial charge in [-0.1, -0.05) is 0 Å². The third-order valence-corrected chi connectivity index (χ3v) is 4.43. The van der Waals surface area contributed by atoms with Gasteiger partial charge in [0.05, 0.1) is 6.61 Å². The van der Waals surface area contributed by atoms with Crippen LogP contribution in [0, 0.1) is 5.92 Å². The van der Waals surface area contributed by atoms with Gasteiger partial charge in [0, 0.05) is 23.1 Å². The summed E-state index contributed by atoms with van der Waals surface area (Å²) in [6.07, 6.45) is 2.45. The molecule has 0 spiro atoms. The van der Waals surface area contributed by atoms with Crippen LogP contribution in [0.3, 0.4) is 0 Å². The zero-order valence-corrected chi connectivity index (χ0v) is 10.2. The van der Waals surface area contributed by atoms with Crippen molar-refractivity contribution in [2.45, 2.75) is 17.7 Å². The van der Waals surface area contributed by atoms with Crippen molar-refractivity contribution in [1.29, 1.82) is 0 Å². The number of fused-ring (bicyclic) bond motifs is 1. The van der Waals surface area contributed by atoms with Gasteiger partial charge >= 0.3 is 0 Å². The molecule has 0 saturated carbocycles. The Morgan fingerprint density at radius 1 is 1.44 bits per heavy atom. The van der Waals surface area contributed by atoms with E-state index in [1.54, 1.807) is 0 Å². The summed E-state index contributed by atoms with van der Waals surface area (Å²) >= 11 is 1.95. The predicted octanol–water partition coefficient (Wildman–Crippen LogP) is 2.32. The van der Waals surface area contributed by atoms with Crippen molar-refractivity contribution in [2.75, 3.05) is 25.4 Å². The molecule has 2 heterocycles. The molecule has 2 aliphatic rings. The fraction of sp³-hybridized carbons (Fsp3) is 0.538. The van der Waals surface area contributed by atoms with E-state index in [0.29, 0.717) is 5.92 Å². The number of rotatable bonds is 3. The van der Waals surface area contributed by atoms with Gasteiger partial charge < -0.3 is 10.1 Å². The lowest BCUT2D eigenvalue weighted by atomic mass is 10.1. The molecule has 2 nitrogen and oxygen atoms in total. The van der Waals surface area contributed by atoms with Gasteiger partial charge in [-0.3, -0.25) is 0 Å². The van der Waals surface area contributed by atoms with Crippen molar-refractivity contribution in [3.63, 3.8) is 0 Å². The lowest BCUT2D eigenvalue weighted by Gasteiger charge is -2.11. The summed E-state index contributed by atoms with van der Waals surface area (Å²) in [6, 6.07) is 6.53. The van der Waals surface area contributed by atoms with E-state index >= 15 is 0 Å². The fourth-order valence-electron chi connectivity index (χ4n) is 2.32. The molecule has 0 amide bonds. The largest absolute Gasteiger partial charge is 0.493 e. The van der Waals surface area contributed by atoms with Crippen LogP contribution in [0.15, 0.2) is 23.1 Å². The minimum absolute atomic E-state index is 0.697. The van der Waals surface area contributed by atoms with Crippen molar-refractivity contribution >= 4 is 11.8 Å². The molecule has 1 fully saturated rings. The molecule has 1 N–H and O–H groups in total. The molecule has 0 bridgehead atoms. The molecule has 3 rings (SSSR count). The van der Waals surface area contributed by atoms with Crippen LogP contribution in [-0.2, 0) is 6.42 Å². The normalized spacial score (nSPS) is 23.4. The highest BCUT2D eigenvalue weighted by Crippen LogP contribution is 2.33. The third kappa shape index (κ3) is 2.20. The van der Waals surface area contributed by atoms with Crippen molar-refractivity contribution in [1.82, 2.24) is 5.32 Å². The Hall–Kier alpha value is -0.670. The van der Waals surface area contributed by atoms with E-state index in [1.807, 2.05) is 11.8 Å². The monoisotopic (exact) mass is 235 g/mol. The van der Waals surface area contributed by atoms with Crippen LogP contribution in [0.25, 0.3) is 0 Å². The van der Waals surface area contributed by atoms with Gasteiger partial charge in [-0.2, -0.15) is 0 Å². The number of hydrogen-bond donors (Lipinski definition) is 1. The van der Waals surface area contributed by atoms with Gasteiger partial charge in [0.1, 0.15) is 5.75 Å². The minimum Gasteiger partial charge on any atom is -0.493 e. The quantitative estimate of drug-likeness (QED) is 0.869. The second-order valence-corrected chi connectivity index (χ2v) is 5.67. The second kappa shape index (κ2) is 4.68. The Balaban J connectivity index is 1.61. The third-order valence-electron chi connectivity index (χ3n) is 3.31. The Morgan fingerprint density at radius 3 is 3.31 bits per heavy atom. The van der Waals surface area contributed by atoms with E-state index in [-0.39, 0.29) is 0 Å². The molecule has 16 heavy (non-hydrogen) atoms. The topological polar surface area (TPSA) is 21.3 Å². The summed E-state index contributed by atoms with van der Waals surface area (Å²) in [5, 5.41) is 3.37. The molecular formula is C13H17NOS. The molecule has 1 atom stereocenters. The second-order valence-electron chi connectivity index (χ2n) is 4.54. The number of aryl methyl sites for hydroxylation is 1.